The van der Waals surface area contributed by atoms with E-state index >= 15 is 0 Å². The fourth-order valence-corrected chi connectivity index (χ4v) is 6.73. The number of rotatable bonds is 13. The Labute approximate surface area is 282 Å². The largest absolute Gasteiger partial charge is 0.354 e. The number of aryl methyl sites for hydroxylation is 2. The second-order valence-electron chi connectivity index (χ2n) is 11.7. The number of carbonyl (C=O) groups excluding carboxylic acids is 2. The van der Waals surface area contributed by atoms with Gasteiger partial charge in [-0.05, 0) is 72.9 Å². The van der Waals surface area contributed by atoms with Crippen LogP contribution in [0.25, 0.3) is 0 Å². The number of amides is 2. The lowest BCUT2D eigenvalue weighted by Crippen LogP contribution is -2.53. The number of benzene rings is 4. The standard InChI is InChI=1S/C36H39Cl2N3O4S/c1-25(2)22-39-36(43)34(20-28-8-6-5-7-9-28)40(23-29-13-16-30(37)17-14-29)35(42)24-41(33-21-31(38)15-12-27(33)4)46(44,45)32-18-10-26(3)11-19-32/h5-19,21,25,34H,20,22-24H2,1-4H3,(H,39,43). The molecule has 1 atom stereocenters. The number of sulfonamides is 1. The molecule has 10 heteroatoms. The van der Waals surface area contributed by atoms with Crippen molar-refractivity contribution in [3.05, 3.63) is 129 Å². The molecular weight excluding hydrogens is 641 g/mol. The zero-order valence-electron chi connectivity index (χ0n) is 26.4. The van der Waals surface area contributed by atoms with Crippen molar-refractivity contribution in [3.63, 3.8) is 0 Å². The molecule has 0 aromatic heterocycles. The summed E-state index contributed by atoms with van der Waals surface area (Å²) in [4.78, 5) is 29.9. The summed E-state index contributed by atoms with van der Waals surface area (Å²) < 4.78 is 29.6. The van der Waals surface area contributed by atoms with Gasteiger partial charge in [0.2, 0.25) is 11.8 Å². The van der Waals surface area contributed by atoms with Gasteiger partial charge in [0.25, 0.3) is 10.0 Å². The highest BCUT2D eigenvalue weighted by molar-refractivity contribution is 7.92. The lowest BCUT2D eigenvalue weighted by molar-refractivity contribution is -0.140. The smallest absolute Gasteiger partial charge is 0.264 e. The highest BCUT2D eigenvalue weighted by atomic mass is 35.5. The molecule has 4 aromatic carbocycles. The Hall–Kier alpha value is -3.85. The van der Waals surface area contributed by atoms with Crippen molar-refractivity contribution in [3.8, 4) is 0 Å². The van der Waals surface area contributed by atoms with Gasteiger partial charge in [0.05, 0.1) is 10.6 Å². The Kier molecular flexibility index (Phi) is 11.9. The van der Waals surface area contributed by atoms with Crippen LogP contribution in [0.3, 0.4) is 0 Å². The summed E-state index contributed by atoms with van der Waals surface area (Å²) in [5.74, 6) is -0.694. The Morgan fingerprint density at radius 3 is 2.07 bits per heavy atom. The van der Waals surface area contributed by atoms with Crippen molar-refractivity contribution in [2.24, 2.45) is 5.92 Å². The maximum absolute atomic E-state index is 14.6. The SMILES string of the molecule is Cc1ccc(S(=O)(=O)N(CC(=O)N(Cc2ccc(Cl)cc2)C(Cc2ccccc2)C(=O)NCC(C)C)c2cc(Cl)ccc2C)cc1. The van der Waals surface area contributed by atoms with Crippen LogP contribution in [-0.2, 0) is 32.6 Å². The van der Waals surface area contributed by atoms with Crippen LogP contribution in [0.1, 0.15) is 36.1 Å². The van der Waals surface area contributed by atoms with Gasteiger partial charge in [0.1, 0.15) is 12.6 Å². The third-order valence-electron chi connectivity index (χ3n) is 7.55. The van der Waals surface area contributed by atoms with E-state index in [9.17, 15) is 18.0 Å². The number of hydrogen-bond donors (Lipinski definition) is 1. The lowest BCUT2D eigenvalue weighted by Gasteiger charge is -2.34. The molecule has 1 unspecified atom stereocenters. The first kappa shape index (κ1) is 35.0. The van der Waals surface area contributed by atoms with E-state index in [1.54, 1.807) is 55.5 Å². The molecule has 0 bridgehead atoms. The van der Waals surface area contributed by atoms with Gasteiger partial charge in [0, 0.05) is 29.6 Å². The zero-order chi connectivity index (χ0) is 33.4. The molecule has 0 saturated heterocycles. The molecule has 0 fully saturated rings. The molecule has 0 heterocycles. The van der Waals surface area contributed by atoms with Crippen molar-refractivity contribution in [2.45, 2.75) is 51.6 Å². The van der Waals surface area contributed by atoms with Crippen LogP contribution in [0.2, 0.25) is 10.0 Å². The minimum atomic E-state index is -4.23. The van der Waals surface area contributed by atoms with Crippen LogP contribution in [0.15, 0.2) is 102 Å². The summed E-state index contributed by atoms with van der Waals surface area (Å²) >= 11 is 12.5. The molecule has 4 rings (SSSR count). The van der Waals surface area contributed by atoms with E-state index < -0.39 is 28.5 Å². The van der Waals surface area contributed by atoms with E-state index in [4.69, 9.17) is 23.2 Å². The summed E-state index contributed by atoms with van der Waals surface area (Å²) in [5, 5.41) is 3.85. The first-order valence-corrected chi connectivity index (χ1v) is 17.3. The molecule has 0 saturated carbocycles. The van der Waals surface area contributed by atoms with Gasteiger partial charge in [-0.1, -0.05) is 103 Å². The molecule has 0 spiro atoms. The third-order valence-corrected chi connectivity index (χ3v) is 9.81. The Bertz CT molecular complexity index is 1750. The fraction of sp³-hybridized carbons (Fsp3) is 0.278. The monoisotopic (exact) mass is 679 g/mol. The van der Waals surface area contributed by atoms with Crippen molar-refractivity contribution < 1.29 is 18.0 Å². The third kappa shape index (κ3) is 9.12. The van der Waals surface area contributed by atoms with Crippen molar-refractivity contribution >= 4 is 50.7 Å². The summed E-state index contributed by atoms with van der Waals surface area (Å²) in [5.41, 5.74) is 3.38. The molecular formula is C36H39Cl2N3O4S. The van der Waals surface area contributed by atoms with Crippen LogP contribution in [0.4, 0.5) is 5.69 Å². The van der Waals surface area contributed by atoms with E-state index in [0.717, 1.165) is 21.0 Å². The van der Waals surface area contributed by atoms with Gasteiger partial charge in [-0.25, -0.2) is 8.42 Å². The number of halogens is 2. The maximum Gasteiger partial charge on any atom is 0.264 e. The zero-order valence-corrected chi connectivity index (χ0v) is 28.7. The van der Waals surface area contributed by atoms with Crippen LogP contribution in [-0.4, -0.2) is 44.3 Å². The van der Waals surface area contributed by atoms with Gasteiger partial charge in [-0.3, -0.25) is 13.9 Å². The number of carbonyl (C=O) groups is 2. The molecule has 7 nitrogen and oxygen atoms in total. The van der Waals surface area contributed by atoms with Crippen LogP contribution in [0, 0.1) is 19.8 Å². The van der Waals surface area contributed by atoms with Crippen LogP contribution < -0.4 is 9.62 Å². The first-order valence-electron chi connectivity index (χ1n) is 15.1. The molecule has 1 N–H and O–H groups in total. The predicted molar refractivity (Wildman–Crippen MR) is 186 cm³/mol. The van der Waals surface area contributed by atoms with Crippen molar-refractivity contribution in [2.75, 3.05) is 17.4 Å². The van der Waals surface area contributed by atoms with Gasteiger partial charge < -0.3 is 10.2 Å². The molecule has 0 aliphatic carbocycles. The number of nitrogens with one attached hydrogen (secondary N) is 1. The average molecular weight is 681 g/mol. The molecule has 0 aliphatic rings. The second-order valence-corrected chi connectivity index (χ2v) is 14.5. The van der Waals surface area contributed by atoms with Crippen molar-refractivity contribution in [1.29, 1.82) is 0 Å². The molecule has 4 aromatic rings. The first-order chi connectivity index (χ1) is 21.8. The Balaban J connectivity index is 1.82. The second kappa shape index (κ2) is 15.6. The molecule has 46 heavy (non-hydrogen) atoms. The number of hydrogen-bond acceptors (Lipinski definition) is 4. The minimum Gasteiger partial charge on any atom is -0.354 e. The minimum absolute atomic E-state index is 0.0324. The summed E-state index contributed by atoms with van der Waals surface area (Å²) in [6.45, 7) is 7.52. The average Bonchev–Trinajstić information content (AvgIpc) is 3.03. The van der Waals surface area contributed by atoms with E-state index in [2.05, 4.69) is 5.32 Å². The quantitative estimate of drug-likeness (QED) is 0.162. The van der Waals surface area contributed by atoms with Crippen LogP contribution >= 0.6 is 23.2 Å². The van der Waals surface area contributed by atoms with Crippen molar-refractivity contribution in [1.82, 2.24) is 10.2 Å². The van der Waals surface area contributed by atoms with Gasteiger partial charge in [-0.2, -0.15) is 0 Å². The molecule has 242 valence electrons. The topological polar surface area (TPSA) is 86.8 Å². The van der Waals surface area contributed by atoms with Gasteiger partial charge >= 0.3 is 0 Å². The van der Waals surface area contributed by atoms with E-state index in [-0.39, 0.29) is 35.4 Å². The number of nitrogens with zero attached hydrogens (tertiary/aromatic N) is 2. The van der Waals surface area contributed by atoms with Crippen LogP contribution in [0.5, 0.6) is 0 Å². The molecule has 0 aliphatic heterocycles. The van der Waals surface area contributed by atoms with E-state index in [1.807, 2.05) is 51.1 Å². The molecule has 2 amide bonds. The Morgan fingerprint density at radius 1 is 0.804 bits per heavy atom. The number of anilines is 1. The fourth-order valence-electron chi connectivity index (χ4n) is 4.97. The Morgan fingerprint density at radius 2 is 1.43 bits per heavy atom. The summed E-state index contributed by atoms with van der Waals surface area (Å²) in [6.07, 6.45) is 0.227. The summed E-state index contributed by atoms with van der Waals surface area (Å²) in [7, 11) is -4.23. The highest BCUT2D eigenvalue weighted by Gasteiger charge is 2.35. The normalized spacial score (nSPS) is 12.1. The van der Waals surface area contributed by atoms with Gasteiger partial charge in [0.15, 0.2) is 0 Å². The van der Waals surface area contributed by atoms with E-state index in [0.29, 0.717) is 22.2 Å². The highest BCUT2D eigenvalue weighted by Crippen LogP contribution is 2.30. The van der Waals surface area contributed by atoms with Gasteiger partial charge in [-0.15, -0.1) is 0 Å². The lowest BCUT2D eigenvalue weighted by atomic mass is 10.0. The predicted octanol–water partition coefficient (Wildman–Crippen LogP) is 7.22. The van der Waals surface area contributed by atoms with E-state index in [1.165, 1.54) is 23.1 Å². The molecule has 0 radical (unpaired) electrons. The maximum atomic E-state index is 14.6. The summed E-state index contributed by atoms with van der Waals surface area (Å²) in [6, 6.07) is 26.9.